The van der Waals surface area contributed by atoms with E-state index in [9.17, 15) is 9.90 Å². The molecule has 33 heavy (non-hydrogen) atoms. The molecular weight excluding hydrogens is 442 g/mol. The van der Waals surface area contributed by atoms with Crippen LogP contribution in [0.25, 0.3) is 21.5 Å². The summed E-state index contributed by atoms with van der Waals surface area (Å²) in [6.07, 6.45) is 2.40. The predicted octanol–water partition coefficient (Wildman–Crippen LogP) is 3.65. The van der Waals surface area contributed by atoms with E-state index in [2.05, 4.69) is 15.3 Å². The van der Waals surface area contributed by atoms with Crippen LogP contribution in [0.15, 0.2) is 48.0 Å². The fraction of sp³-hybridized carbons (Fsp3) is 0.250. The number of aliphatic hydroxyl groups excluding tert-OH is 1. The molecule has 0 saturated carbocycles. The van der Waals surface area contributed by atoms with Crippen molar-refractivity contribution < 1.29 is 24.1 Å². The molecule has 2 aromatic heterocycles. The summed E-state index contributed by atoms with van der Waals surface area (Å²) in [6.45, 7) is -0.185. The van der Waals surface area contributed by atoms with Crippen molar-refractivity contribution in [3.63, 3.8) is 0 Å². The van der Waals surface area contributed by atoms with Crippen LogP contribution in [-0.4, -0.2) is 55.0 Å². The highest BCUT2D eigenvalue weighted by molar-refractivity contribution is 7.13. The molecule has 172 valence electrons. The Morgan fingerprint density at radius 3 is 2.55 bits per heavy atom. The third-order valence-electron chi connectivity index (χ3n) is 5.35. The molecule has 0 unspecified atom stereocenters. The number of carbonyl (C=O) groups is 1. The van der Waals surface area contributed by atoms with Crippen LogP contribution in [0, 0.1) is 0 Å². The lowest BCUT2D eigenvalue weighted by molar-refractivity contribution is 0.0912. The zero-order valence-electron chi connectivity index (χ0n) is 18.5. The van der Waals surface area contributed by atoms with Gasteiger partial charge in [-0.1, -0.05) is 18.2 Å². The lowest BCUT2D eigenvalue weighted by atomic mass is 10.1. The molecule has 0 fully saturated rings. The van der Waals surface area contributed by atoms with Crippen molar-refractivity contribution in [3.05, 3.63) is 59.2 Å². The number of aromatic nitrogens is 2. The Labute approximate surface area is 195 Å². The number of aliphatic hydroxyl groups is 1. The molecule has 9 heteroatoms. The topological polar surface area (TPSA) is 106 Å². The maximum Gasteiger partial charge on any atom is 0.271 e. The van der Waals surface area contributed by atoms with Gasteiger partial charge in [-0.2, -0.15) is 0 Å². The summed E-state index contributed by atoms with van der Waals surface area (Å²) in [6, 6.07) is 11.1. The van der Waals surface area contributed by atoms with Crippen LogP contribution in [0.1, 0.15) is 16.1 Å². The molecule has 1 atom stereocenters. The van der Waals surface area contributed by atoms with Gasteiger partial charge in [0.15, 0.2) is 11.5 Å². The molecular formula is C24H25N3O5S. The number of H-pyrrole nitrogens is 1. The minimum Gasteiger partial charge on any atom is -0.493 e. The fourth-order valence-electron chi connectivity index (χ4n) is 3.70. The van der Waals surface area contributed by atoms with Crippen molar-refractivity contribution in [2.45, 2.75) is 12.5 Å². The van der Waals surface area contributed by atoms with Gasteiger partial charge in [-0.25, -0.2) is 4.98 Å². The van der Waals surface area contributed by atoms with Crippen molar-refractivity contribution in [3.8, 4) is 27.8 Å². The second-order valence-corrected chi connectivity index (χ2v) is 8.23. The lowest BCUT2D eigenvalue weighted by Gasteiger charge is -2.15. The van der Waals surface area contributed by atoms with E-state index in [1.165, 1.54) is 11.3 Å². The number of para-hydroxylation sites is 1. The summed E-state index contributed by atoms with van der Waals surface area (Å²) < 4.78 is 16.2. The van der Waals surface area contributed by atoms with Crippen LogP contribution in [0.5, 0.6) is 17.2 Å². The van der Waals surface area contributed by atoms with Crippen LogP contribution in [0.3, 0.4) is 0 Å². The van der Waals surface area contributed by atoms with Crippen molar-refractivity contribution in [2.75, 3.05) is 27.9 Å². The minimum atomic E-state index is -0.442. The van der Waals surface area contributed by atoms with Crippen molar-refractivity contribution in [2.24, 2.45) is 0 Å². The number of hydrogen-bond acceptors (Lipinski definition) is 7. The zero-order chi connectivity index (χ0) is 23.4. The van der Waals surface area contributed by atoms with Gasteiger partial charge in [-0.05, 0) is 30.2 Å². The number of carbonyl (C=O) groups excluding carboxylic acids is 1. The maximum atomic E-state index is 12.8. The summed E-state index contributed by atoms with van der Waals surface area (Å²) in [7, 11) is 4.63. The van der Waals surface area contributed by atoms with Gasteiger partial charge in [0, 0.05) is 28.0 Å². The number of ether oxygens (including phenoxy) is 3. The van der Waals surface area contributed by atoms with Gasteiger partial charge in [-0.3, -0.25) is 4.79 Å². The Bertz CT molecular complexity index is 1240. The summed E-state index contributed by atoms with van der Waals surface area (Å²) in [4.78, 5) is 20.5. The number of hydrogen-bond donors (Lipinski definition) is 3. The number of rotatable bonds is 9. The molecule has 0 aliphatic carbocycles. The molecule has 0 bridgehead atoms. The zero-order valence-corrected chi connectivity index (χ0v) is 19.4. The first-order valence-electron chi connectivity index (χ1n) is 10.3. The monoisotopic (exact) mass is 467 g/mol. The highest BCUT2D eigenvalue weighted by atomic mass is 32.1. The van der Waals surface area contributed by atoms with Crippen molar-refractivity contribution in [1.29, 1.82) is 0 Å². The summed E-state index contributed by atoms with van der Waals surface area (Å²) in [5, 5.41) is 16.1. The second kappa shape index (κ2) is 9.93. The SMILES string of the molecule is COc1cc(-c2nc(C(=O)N[C@@H](CO)Cc3c[nH]c4ccccc34)cs2)cc(OC)c1OC. The first kappa shape index (κ1) is 22.6. The molecule has 4 aromatic rings. The standard InChI is InChI=1S/C24H25N3O5S/c1-30-20-9-14(10-21(31-2)22(20)32-3)24-27-19(13-33-24)23(29)26-16(12-28)8-15-11-25-18-7-5-4-6-17(15)18/h4-7,9-11,13,16,25,28H,8,12H2,1-3H3,(H,26,29)/t16-/m1/s1. The molecule has 2 aromatic carbocycles. The molecule has 1 amide bonds. The van der Waals surface area contributed by atoms with E-state index < -0.39 is 6.04 Å². The average molecular weight is 468 g/mol. The third-order valence-corrected chi connectivity index (χ3v) is 6.24. The van der Waals surface area contributed by atoms with Crippen LogP contribution < -0.4 is 19.5 Å². The first-order chi connectivity index (χ1) is 16.1. The van der Waals surface area contributed by atoms with Gasteiger partial charge in [0.05, 0.1) is 34.0 Å². The number of benzene rings is 2. The molecule has 0 spiro atoms. The predicted molar refractivity (Wildman–Crippen MR) is 128 cm³/mol. The summed E-state index contributed by atoms with van der Waals surface area (Å²) >= 11 is 1.33. The molecule has 2 heterocycles. The van der Waals surface area contributed by atoms with Crippen molar-refractivity contribution >= 4 is 28.1 Å². The smallest absolute Gasteiger partial charge is 0.271 e. The maximum absolute atomic E-state index is 12.8. The number of amides is 1. The Kier molecular flexibility index (Phi) is 6.81. The van der Waals surface area contributed by atoms with Gasteiger partial charge in [-0.15, -0.1) is 11.3 Å². The van der Waals surface area contributed by atoms with Gasteiger partial charge in [0.25, 0.3) is 5.91 Å². The highest BCUT2D eigenvalue weighted by Gasteiger charge is 2.20. The number of nitrogens with one attached hydrogen (secondary N) is 2. The van der Waals surface area contributed by atoms with E-state index in [1.54, 1.807) is 38.8 Å². The van der Waals surface area contributed by atoms with Gasteiger partial charge in [0.1, 0.15) is 10.7 Å². The lowest BCUT2D eigenvalue weighted by Crippen LogP contribution is -2.39. The molecule has 4 rings (SSSR count). The van der Waals surface area contributed by atoms with Gasteiger partial charge >= 0.3 is 0 Å². The van der Waals surface area contributed by atoms with E-state index in [0.29, 0.717) is 28.7 Å². The number of thiazole rings is 1. The Hall–Kier alpha value is -3.56. The molecule has 8 nitrogen and oxygen atoms in total. The number of methoxy groups -OCH3 is 3. The minimum absolute atomic E-state index is 0.185. The highest BCUT2D eigenvalue weighted by Crippen LogP contribution is 2.41. The fourth-order valence-corrected chi connectivity index (χ4v) is 4.49. The molecule has 0 radical (unpaired) electrons. The third kappa shape index (κ3) is 4.64. The molecule has 0 saturated heterocycles. The van der Waals surface area contributed by atoms with Gasteiger partial charge in [0.2, 0.25) is 5.75 Å². The van der Waals surface area contributed by atoms with E-state index >= 15 is 0 Å². The largest absolute Gasteiger partial charge is 0.493 e. The van der Waals surface area contributed by atoms with E-state index in [4.69, 9.17) is 14.2 Å². The first-order valence-corrected chi connectivity index (χ1v) is 11.2. The number of nitrogens with zero attached hydrogens (tertiary/aromatic N) is 1. The second-order valence-electron chi connectivity index (χ2n) is 7.37. The van der Waals surface area contributed by atoms with Crippen LogP contribution in [0.4, 0.5) is 0 Å². The summed E-state index contributed by atoms with van der Waals surface area (Å²) in [5.41, 5.74) is 3.07. The van der Waals surface area contributed by atoms with Crippen molar-refractivity contribution in [1.82, 2.24) is 15.3 Å². The number of aromatic amines is 1. The van der Waals surface area contributed by atoms with E-state index in [-0.39, 0.29) is 18.2 Å². The normalized spacial score (nSPS) is 11.9. The quantitative estimate of drug-likeness (QED) is 0.347. The van der Waals surface area contributed by atoms with Crippen LogP contribution in [-0.2, 0) is 6.42 Å². The molecule has 0 aliphatic rings. The molecule has 3 N–H and O–H groups in total. The van der Waals surface area contributed by atoms with E-state index in [0.717, 1.165) is 22.0 Å². The Morgan fingerprint density at radius 2 is 1.88 bits per heavy atom. The van der Waals surface area contributed by atoms with Crippen LogP contribution in [0.2, 0.25) is 0 Å². The Balaban J connectivity index is 1.51. The van der Waals surface area contributed by atoms with E-state index in [1.807, 2.05) is 30.5 Å². The average Bonchev–Trinajstić information content (AvgIpc) is 3.50. The summed E-state index contributed by atoms with van der Waals surface area (Å²) in [5.74, 6) is 1.16. The Morgan fingerprint density at radius 1 is 1.15 bits per heavy atom. The number of fused-ring (bicyclic) bond motifs is 1. The molecule has 0 aliphatic heterocycles. The van der Waals surface area contributed by atoms with Gasteiger partial charge < -0.3 is 29.6 Å². The van der Waals surface area contributed by atoms with Crippen LogP contribution >= 0.6 is 11.3 Å².